The van der Waals surface area contributed by atoms with E-state index in [1.807, 2.05) is 6.07 Å². The molecule has 0 amide bonds. The van der Waals surface area contributed by atoms with Crippen molar-refractivity contribution in [3.8, 4) is 0 Å². The molecule has 3 rings (SSSR count). The Labute approximate surface area is 136 Å². The lowest BCUT2D eigenvalue weighted by Crippen LogP contribution is -2.41. The Morgan fingerprint density at radius 2 is 2.04 bits per heavy atom. The maximum absolute atomic E-state index is 10.9. The van der Waals surface area contributed by atoms with Crippen molar-refractivity contribution in [3.63, 3.8) is 0 Å². The van der Waals surface area contributed by atoms with E-state index in [1.165, 1.54) is 6.20 Å². The zero-order valence-electron chi connectivity index (χ0n) is 13.6. The number of nitro groups is 1. The van der Waals surface area contributed by atoms with E-state index in [9.17, 15) is 10.1 Å². The summed E-state index contributed by atoms with van der Waals surface area (Å²) in [6, 6.07) is 2.47. The Morgan fingerprint density at radius 1 is 1.26 bits per heavy atom. The summed E-state index contributed by atoms with van der Waals surface area (Å²) < 4.78 is 5.45. The second kappa shape index (κ2) is 7.23. The molecule has 2 aliphatic rings. The summed E-state index contributed by atoms with van der Waals surface area (Å²) in [4.78, 5) is 19.7. The number of ether oxygens (including phenoxy) is 1. The lowest BCUT2D eigenvalue weighted by atomic mass is 10.1. The predicted molar refractivity (Wildman–Crippen MR) is 87.9 cm³/mol. The van der Waals surface area contributed by atoms with E-state index in [0.717, 1.165) is 64.5 Å². The average Bonchev–Trinajstić information content (AvgIpc) is 2.81. The predicted octanol–water partition coefficient (Wildman–Crippen LogP) is 1.99. The molecule has 0 atom stereocenters. The van der Waals surface area contributed by atoms with Gasteiger partial charge in [0, 0.05) is 51.0 Å². The van der Waals surface area contributed by atoms with Gasteiger partial charge in [-0.3, -0.25) is 15.0 Å². The maximum Gasteiger partial charge on any atom is 0.290 e. The summed E-state index contributed by atoms with van der Waals surface area (Å²) in [5.41, 5.74) is 0.762. The summed E-state index contributed by atoms with van der Waals surface area (Å²) in [7, 11) is 0. The van der Waals surface area contributed by atoms with Crippen LogP contribution >= 0.6 is 0 Å². The summed E-state index contributed by atoms with van der Waals surface area (Å²) in [6.07, 6.45) is 4.71. The molecule has 23 heavy (non-hydrogen) atoms. The van der Waals surface area contributed by atoms with Crippen LogP contribution in [0.4, 0.5) is 11.5 Å². The minimum Gasteiger partial charge on any atom is -0.381 e. The highest BCUT2D eigenvalue weighted by Crippen LogP contribution is 2.23. The molecular formula is C16H24N4O3. The van der Waals surface area contributed by atoms with Crippen molar-refractivity contribution in [2.45, 2.75) is 32.2 Å². The molecule has 2 saturated heterocycles. The fourth-order valence-corrected chi connectivity index (χ4v) is 3.48. The van der Waals surface area contributed by atoms with Gasteiger partial charge in [-0.25, -0.2) is 4.98 Å². The van der Waals surface area contributed by atoms with Crippen LogP contribution in [-0.2, 0) is 4.74 Å². The zero-order chi connectivity index (χ0) is 16.2. The molecule has 0 saturated carbocycles. The number of hydrogen-bond acceptors (Lipinski definition) is 6. The Bertz CT molecular complexity index is 560. The first-order valence-corrected chi connectivity index (χ1v) is 8.33. The molecular weight excluding hydrogens is 296 g/mol. The van der Waals surface area contributed by atoms with E-state index in [2.05, 4.69) is 14.8 Å². The van der Waals surface area contributed by atoms with Gasteiger partial charge in [0.2, 0.25) is 0 Å². The second-order valence-corrected chi connectivity index (χ2v) is 6.31. The first-order chi connectivity index (χ1) is 11.1. The van der Waals surface area contributed by atoms with Crippen LogP contribution in [0.1, 0.15) is 24.8 Å². The quantitative estimate of drug-likeness (QED) is 0.626. The molecule has 0 N–H and O–H groups in total. The Kier molecular flexibility index (Phi) is 5.07. The third-order valence-electron chi connectivity index (χ3n) is 4.83. The molecule has 0 aliphatic carbocycles. The van der Waals surface area contributed by atoms with Crippen LogP contribution in [0.3, 0.4) is 0 Å². The van der Waals surface area contributed by atoms with Crippen molar-refractivity contribution in [2.24, 2.45) is 0 Å². The van der Waals surface area contributed by atoms with Crippen LogP contribution in [0.5, 0.6) is 0 Å². The largest absolute Gasteiger partial charge is 0.381 e. The van der Waals surface area contributed by atoms with Crippen LogP contribution in [0.15, 0.2) is 12.3 Å². The third kappa shape index (κ3) is 3.79. The number of aryl methyl sites for hydroxylation is 1. The number of pyridine rings is 1. The Hall–Kier alpha value is -1.73. The van der Waals surface area contributed by atoms with Gasteiger partial charge < -0.3 is 9.64 Å². The van der Waals surface area contributed by atoms with Gasteiger partial charge in [-0.15, -0.1) is 0 Å². The molecule has 126 valence electrons. The van der Waals surface area contributed by atoms with Crippen LogP contribution in [0.25, 0.3) is 0 Å². The van der Waals surface area contributed by atoms with E-state index >= 15 is 0 Å². The smallest absolute Gasteiger partial charge is 0.290 e. The number of anilines is 1. The lowest BCUT2D eigenvalue weighted by molar-refractivity contribution is -0.385. The fraction of sp³-hybridized carbons (Fsp3) is 0.688. The minimum atomic E-state index is -0.374. The summed E-state index contributed by atoms with van der Waals surface area (Å²) in [5, 5.41) is 10.9. The molecule has 0 radical (unpaired) electrons. The van der Waals surface area contributed by atoms with Crippen molar-refractivity contribution >= 4 is 11.5 Å². The first-order valence-electron chi connectivity index (χ1n) is 8.33. The van der Waals surface area contributed by atoms with Crippen LogP contribution < -0.4 is 4.90 Å². The van der Waals surface area contributed by atoms with E-state index in [0.29, 0.717) is 11.6 Å². The lowest BCUT2D eigenvalue weighted by Gasteiger charge is -2.33. The van der Waals surface area contributed by atoms with Crippen LogP contribution in [0, 0.1) is 17.0 Å². The normalized spacial score (nSPS) is 21.2. The van der Waals surface area contributed by atoms with Crippen molar-refractivity contribution in [1.82, 2.24) is 9.88 Å². The molecule has 1 aromatic rings. The fourth-order valence-electron chi connectivity index (χ4n) is 3.48. The maximum atomic E-state index is 10.9. The van der Waals surface area contributed by atoms with Gasteiger partial charge in [-0.1, -0.05) is 0 Å². The van der Waals surface area contributed by atoms with Gasteiger partial charge in [0.15, 0.2) is 0 Å². The van der Waals surface area contributed by atoms with E-state index in [-0.39, 0.29) is 10.6 Å². The number of nitrogens with zero attached hydrogens (tertiary/aromatic N) is 4. The van der Waals surface area contributed by atoms with Crippen molar-refractivity contribution in [2.75, 3.05) is 44.3 Å². The van der Waals surface area contributed by atoms with Crippen molar-refractivity contribution in [3.05, 3.63) is 27.9 Å². The molecule has 0 bridgehead atoms. The molecule has 2 fully saturated rings. The minimum absolute atomic E-state index is 0.0902. The van der Waals surface area contributed by atoms with Gasteiger partial charge in [0.25, 0.3) is 5.69 Å². The summed E-state index contributed by atoms with van der Waals surface area (Å²) in [5.74, 6) is 0.849. The number of hydrogen-bond donors (Lipinski definition) is 0. The van der Waals surface area contributed by atoms with Gasteiger partial charge in [0.05, 0.1) is 4.92 Å². The molecule has 0 spiro atoms. The second-order valence-electron chi connectivity index (χ2n) is 6.31. The van der Waals surface area contributed by atoms with E-state index in [4.69, 9.17) is 4.74 Å². The standard InChI is InChI=1S/C16H24N4O3/c1-13-11-16(17-12-15(13)20(21)22)19-6-2-5-18(7-8-19)14-3-9-23-10-4-14/h11-12,14H,2-10H2,1H3. The van der Waals surface area contributed by atoms with Crippen LogP contribution in [-0.4, -0.2) is 60.2 Å². The molecule has 0 aromatic carbocycles. The number of rotatable bonds is 3. The van der Waals surface area contributed by atoms with E-state index < -0.39 is 0 Å². The highest BCUT2D eigenvalue weighted by molar-refractivity contribution is 5.48. The monoisotopic (exact) mass is 320 g/mol. The Balaban J connectivity index is 1.65. The highest BCUT2D eigenvalue weighted by atomic mass is 16.6. The zero-order valence-corrected chi connectivity index (χ0v) is 13.6. The van der Waals surface area contributed by atoms with Gasteiger partial charge in [-0.2, -0.15) is 0 Å². The van der Waals surface area contributed by atoms with Crippen LogP contribution in [0.2, 0.25) is 0 Å². The highest BCUT2D eigenvalue weighted by Gasteiger charge is 2.24. The summed E-state index contributed by atoms with van der Waals surface area (Å²) in [6.45, 7) is 7.50. The number of aromatic nitrogens is 1. The van der Waals surface area contributed by atoms with Crippen molar-refractivity contribution < 1.29 is 9.66 Å². The SMILES string of the molecule is Cc1cc(N2CCCN(C3CCOCC3)CC2)ncc1[N+](=O)[O-]. The molecule has 0 unspecified atom stereocenters. The average molecular weight is 320 g/mol. The van der Waals surface area contributed by atoms with Gasteiger partial charge in [-0.05, 0) is 32.3 Å². The van der Waals surface area contributed by atoms with Gasteiger partial charge in [0.1, 0.15) is 12.0 Å². The first kappa shape index (κ1) is 16.1. The summed E-state index contributed by atoms with van der Waals surface area (Å²) >= 11 is 0. The molecule has 7 heteroatoms. The molecule has 7 nitrogen and oxygen atoms in total. The molecule has 3 heterocycles. The van der Waals surface area contributed by atoms with Crippen molar-refractivity contribution in [1.29, 1.82) is 0 Å². The van der Waals surface area contributed by atoms with E-state index in [1.54, 1.807) is 6.92 Å². The third-order valence-corrected chi connectivity index (χ3v) is 4.83. The molecule has 1 aromatic heterocycles. The van der Waals surface area contributed by atoms with Gasteiger partial charge >= 0.3 is 0 Å². The Morgan fingerprint density at radius 3 is 2.74 bits per heavy atom. The topological polar surface area (TPSA) is 71.7 Å². The molecule has 2 aliphatic heterocycles.